The number of alkyl halides is 6. The molecule has 1 N–H and O–H groups in total. The highest BCUT2D eigenvalue weighted by Gasteiger charge is 2.57. The number of aromatic amines is 1. The highest BCUT2D eigenvalue weighted by Crippen LogP contribution is 2.38. The van der Waals surface area contributed by atoms with Gasteiger partial charge in [-0.25, -0.2) is 14.8 Å². The maximum atomic E-state index is 13.4. The van der Waals surface area contributed by atoms with Crippen LogP contribution in [0.4, 0.5) is 26.3 Å². The second-order valence-electron chi connectivity index (χ2n) is 19.4. The van der Waals surface area contributed by atoms with Gasteiger partial charge in [-0.1, -0.05) is 113 Å². The molecule has 0 bridgehead atoms. The summed E-state index contributed by atoms with van der Waals surface area (Å²) in [6.07, 6.45) is -10.4. The number of H-pyrrole nitrogens is 1. The lowest BCUT2D eigenvalue weighted by Gasteiger charge is -2.29. The minimum Gasteiger partial charge on any atom is -0.467 e. The average molecular weight is 1060 g/mol. The first-order valence-corrected chi connectivity index (χ1v) is 23.5. The van der Waals surface area contributed by atoms with Gasteiger partial charge in [-0.3, -0.25) is 14.6 Å². The van der Waals surface area contributed by atoms with Crippen LogP contribution in [0.5, 0.6) is 6.01 Å². The van der Waals surface area contributed by atoms with E-state index in [2.05, 4.69) is 80.9 Å². The Morgan fingerprint density at radius 3 is 1.40 bits per heavy atom. The average Bonchev–Trinajstić information content (AvgIpc) is 3.33. The third-order valence-electron chi connectivity index (χ3n) is 12.2. The van der Waals surface area contributed by atoms with Gasteiger partial charge in [-0.15, -0.1) is 0 Å². The summed E-state index contributed by atoms with van der Waals surface area (Å²) in [5.41, 5.74) is -1.14. The number of carbonyl (C=O) groups is 2. The van der Waals surface area contributed by atoms with Crippen LogP contribution in [0, 0.1) is 0 Å². The molecule has 0 amide bonds. The molecule has 2 atom stereocenters. The lowest BCUT2D eigenvalue weighted by molar-refractivity contribution is -0.253. The van der Waals surface area contributed by atoms with Gasteiger partial charge in [0.25, 0.3) is 0 Å². The number of carbonyl (C=O) groups excluding carboxylic acids is 2. The van der Waals surface area contributed by atoms with Crippen LogP contribution >= 0.6 is 23.2 Å². The molecule has 6 rings (SSSR count). The number of halogens is 8. The number of aryl methyl sites for hydroxylation is 2. The highest BCUT2D eigenvalue weighted by molar-refractivity contribution is 6.33. The van der Waals surface area contributed by atoms with Gasteiger partial charge in [0, 0.05) is 49.3 Å². The van der Waals surface area contributed by atoms with Gasteiger partial charge < -0.3 is 14.2 Å². The number of ketones is 2. The van der Waals surface area contributed by atoms with Crippen LogP contribution in [0.2, 0.25) is 10.0 Å². The largest absolute Gasteiger partial charge is 0.467 e. The van der Waals surface area contributed by atoms with Crippen LogP contribution < -0.4 is 10.4 Å². The number of nitrogens with zero attached hydrogens (tertiary/aromatic N) is 5. The Balaban J connectivity index is 0.000000271. The van der Waals surface area contributed by atoms with E-state index in [4.69, 9.17) is 27.9 Å². The number of rotatable bonds is 15. The van der Waals surface area contributed by atoms with Gasteiger partial charge in [0.15, 0.2) is 29.0 Å². The molecule has 390 valence electrons. The van der Waals surface area contributed by atoms with E-state index in [1.807, 2.05) is 42.5 Å². The number of ether oxygens (including phenoxy) is 3. The van der Waals surface area contributed by atoms with Crippen molar-refractivity contribution in [3.05, 3.63) is 128 Å². The Morgan fingerprint density at radius 1 is 0.548 bits per heavy atom. The molecule has 0 aliphatic heterocycles. The Kier molecular flexibility index (Phi) is 17.9. The minimum atomic E-state index is -4.84. The molecule has 2 aromatic heterocycles. The molecule has 2 heterocycles. The van der Waals surface area contributed by atoms with E-state index >= 15 is 0 Å². The standard InChI is InChI=1S/C27H29ClF3N3O3.C26H27ClF3N3O3/c1-25(2,3)18-9-7-8-17(15-18)22-32-23(34-24(33-22)36-5)19-14-16(10-12-20(19)28)11-13-21(35)26(4,37-6)27(29,30)31;1-24(2,3)17-8-6-7-16(14-17)21-31-22(33-23(35)32-21)18-13-15(9-11-19(18)27)10-12-20(34)25(4,36-5)26(28,29)30/h7-10,12,14-15H,11,13H2,1-6H3;6-9,11,13-14H,10,12H2,1-5H3,(H,31,32,33,35)/t26-;25-/m11/s1. The minimum absolute atomic E-state index is 0.00777. The fraction of sp³-hybridized carbons (Fsp3) is 0.396. The van der Waals surface area contributed by atoms with E-state index in [1.165, 1.54) is 13.2 Å². The first kappa shape index (κ1) is 57.8. The third-order valence-corrected chi connectivity index (χ3v) is 12.9. The van der Waals surface area contributed by atoms with E-state index in [0.29, 0.717) is 45.6 Å². The monoisotopic (exact) mass is 1060 g/mol. The Labute approximate surface area is 429 Å². The number of methoxy groups -OCH3 is 3. The van der Waals surface area contributed by atoms with Crippen LogP contribution in [-0.4, -0.2) is 86.4 Å². The summed E-state index contributed by atoms with van der Waals surface area (Å²) < 4.78 is 94.4. The van der Waals surface area contributed by atoms with Gasteiger partial charge in [0.2, 0.25) is 11.2 Å². The molecule has 0 aliphatic carbocycles. The maximum Gasteiger partial charge on any atom is 0.424 e. The van der Waals surface area contributed by atoms with Crippen molar-refractivity contribution in [3.63, 3.8) is 0 Å². The van der Waals surface area contributed by atoms with Gasteiger partial charge in [0.05, 0.1) is 17.2 Å². The van der Waals surface area contributed by atoms with Crippen molar-refractivity contribution in [2.75, 3.05) is 21.3 Å². The molecule has 0 radical (unpaired) electrons. The van der Waals surface area contributed by atoms with Crippen LogP contribution in [0.3, 0.4) is 0 Å². The SMILES string of the molecule is CO[C@](C)(C(=O)CCc1ccc(Cl)c(-c2nc(-c3cccc(C(C)(C)C)c3)nc(=O)[nH]2)c1)C(F)(F)F.COc1nc(-c2cccc(C(C)(C)C)c2)nc(-c2cc(CCC(=O)[C@@](C)(OC)C(F)(F)F)ccc2Cl)n1. The van der Waals surface area contributed by atoms with Crippen molar-refractivity contribution in [1.82, 2.24) is 29.9 Å². The van der Waals surface area contributed by atoms with Crippen LogP contribution in [0.15, 0.2) is 89.7 Å². The summed E-state index contributed by atoms with van der Waals surface area (Å²) >= 11 is 12.8. The van der Waals surface area contributed by atoms with Crippen LogP contribution in [0.1, 0.15) is 90.5 Å². The predicted molar refractivity (Wildman–Crippen MR) is 268 cm³/mol. The number of nitrogens with one attached hydrogen (secondary N) is 1. The van der Waals surface area contributed by atoms with E-state index in [-0.39, 0.29) is 58.6 Å². The number of benzene rings is 4. The van der Waals surface area contributed by atoms with Crippen LogP contribution in [-0.2, 0) is 42.7 Å². The molecule has 0 aliphatic rings. The molecule has 0 spiro atoms. The second kappa shape index (κ2) is 22.6. The summed E-state index contributed by atoms with van der Waals surface area (Å²) in [5, 5.41) is 0.598. The van der Waals surface area contributed by atoms with Crippen molar-refractivity contribution >= 4 is 34.8 Å². The zero-order valence-corrected chi connectivity index (χ0v) is 43.6. The molecule has 73 heavy (non-hydrogen) atoms. The summed E-state index contributed by atoms with van der Waals surface area (Å²) in [5.74, 6) is -1.19. The zero-order chi connectivity index (χ0) is 54.5. The first-order chi connectivity index (χ1) is 33.8. The lowest BCUT2D eigenvalue weighted by atomic mass is 9.86. The summed E-state index contributed by atoms with van der Waals surface area (Å²) in [6, 6.07) is 25.1. The van der Waals surface area contributed by atoms with Crippen LogP contribution in [0.25, 0.3) is 45.6 Å². The van der Waals surface area contributed by atoms with Crippen molar-refractivity contribution in [2.45, 2.75) is 115 Å². The normalized spacial score (nSPS) is 13.8. The molecule has 0 unspecified atom stereocenters. The second-order valence-corrected chi connectivity index (χ2v) is 20.2. The van der Waals surface area contributed by atoms with E-state index < -0.39 is 47.2 Å². The molecule has 20 heteroatoms. The molecular formula is C53H56Cl2F6N6O6. The number of hydrogen-bond donors (Lipinski definition) is 1. The highest BCUT2D eigenvalue weighted by atomic mass is 35.5. The summed E-state index contributed by atoms with van der Waals surface area (Å²) in [7, 11) is 3.16. The quantitative estimate of drug-likeness (QED) is 0.0975. The van der Waals surface area contributed by atoms with Crippen molar-refractivity contribution in [1.29, 1.82) is 0 Å². The van der Waals surface area contributed by atoms with Gasteiger partial charge in [0.1, 0.15) is 5.82 Å². The molecular weight excluding hydrogens is 1000 g/mol. The Bertz CT molecular complexity index is 3030. The fourth-order valence-corrected chi connectivity index (χ4v) is 7.57. The predicted octanol–water partition coefficient (Wildman–Crippen LogP) is 12.6. The topological polar surface area (TPSA) is 159 Å². The zero-order valence-electron chi connectivity index (χ0n) is 42.1. The van der Waals surface area contributed by atoms with Crippen molar-refractivity contribution < 1.29 is 50.1 Å². The van der Waals surface area contributed by atoms with Crippen molar-refractivity contribution in [2.24, 2.45) is 0 Å². The smallest absolute Gasteiger partial charge is 0.424 e. The molecule has 12 nitrogen and oxygen atoms in total. The molecule has 0 saturated carbocycles. The number of aromatic nitrogens is 6. The van der Waals surface area contributed by atoms with Gasteiger partial charge in [-0.05, 0) is 96.2 Å². The van der Waals surface area contributed by atoms with E-state index in [0.717, 1.165) is 37.8 Å². The summed E-state index contributed by atoms with van der Waals surface area (Å²) in [4.78, 5) is 61.5. The van der Waals surface area contributed by atoms with Crippen molar-refractivity contribution in [3.8, 4) is 51.6 Å². The number of Topliss-reactive ketones (excluding diaryl/α,β-unsaturated/α-hetero) is 2. The molecule has 6 aromatic rings. The third kappa shape index (κ3) is 13.8. The van der Waals surface area contributed by atoms with E-state index in [9.17, 15) is 40.7 Å². The molecule has 4 aromatic carbocycles. The number of hydrogen-bond acceptors (Lipinski definition) is 11. The summed E-state index contributed by atoms with van der Waals surface area (Å²) in [6.45, 7) is 13.9. The molecule has 0 saturated heterocycles. The Hall–Kier alpha value is -6.08. The Morgan fingerprint density at radius 2 is 0.973 bits per heavy atom. The van der Waals surface area contributed by atoms with Gasteiger partial charge >= 0.3 is 24.1 Å². The fourth-order valence-electron chi connectivity index (χ4n) is 7.16. The first-order valence-electron chi connectivity index (χ1n) is 22.7. The molecule has 0 fully saturated rings. The lowest BCUT2D eigenvalue weighted by Crippen LogP contribution is -2.51. The van der Waals surface area contributed by atoms with E-state index in [1.54, 1.807) is 36.4 Å². The van der Waals surface area contributed by atoms with Gasteiger partial charge in [-0.2, -0.15) is 41.3 Å². The maximum absolute atomic E-state index is 13.4.